The van der Waals surface area contributed by atoms with Crippen LogP contribution in [0.5, 0.6) is 0 Å². The number of nitrogens with one attached hydrogen (secondary N) is 1. The molecule has 98 valence electrons. The van der Waals surface area contributed by atoms with Crippen LogP contribution in [0.25, 0.3) is 0 Å². The third-order valence-electron chi connectivity index (χ3n) is 3.46. The van der Waals surface area contributed by atoms with Crippen molar-refractivity contribution in [3.8, 4) is 0 Å². The Kier molecular flexibility index (Phi) is 3.43. The summed E-state index contributed by atoms with van der Waals surface area (Å²) in [7, 11) is 0. The molecule has 1 aliphatic heterocycles. The third-order valence-corrected chi connectivity index (χ3v) is 3.46. The maximum Gasteiger partial charge on any atom is 0.165 e. The van der Waals surface area contributed by atoms with Crippen molar-refractivity contribution in [2.45, 2.75) is 24.9 Å². The summed E-state index contributed by atoms with van der Waals surface area (Å²) >= 11 is 0. The summed E-state index contributed by atoms with van der Waals surface area (Å²) in [6.45, 7) is 2.80. The molecule has 1 aromatic rings. The molecular weight excluding hydrogens is 233 g/mol. The molecule has 3 rings (SSSR count). The van der Waals surface area contributed by atoms with Crippen molar-refractivity contribution in [2.75, 3.05) is 31.2 Å². The highest BCUT2D eigenvalue weighted by atomic mass is 19.1. The van der Waals surface area contributed by atoms with Crippen LogP contribution in [0.1, 0.15) is 12.8 Å². The van der Waals surface area contributed by atoms with Crippen LogP contribution in [0, 0.1) is 5.82 Å². The highest BCUT2D eigenvalue weighted by molar-refractivity contribution is 5.41. The quantitative estimate of drug-likeness (QED) is 0.872. The molecule has 1 N–H and O–H groups in total. The lowest BCUT2D eigenvalue weighted by Crippen LogP contribution is -2.51. The Balaban J connectivity index is 1.71. The van der Waals surface area contributed by atoms with E-state index < -0.39 is 0 Å². The summed E-state index contributed by atoms with van der Waals surface area (Å²) in [6, 6.07) is 3.91. The van der Waals surface area contributed by atoms with Crippen molar-refractivity contribution in [2.24, 2.45) is 0 Å². The van der Waals surface area contributed by atoms with Crippen molar-refractivity contribution in [1.29, 1.82) is 0 Å². The molecule has 1 unspecified atom stereocenters. The van der Waals surface area contributed by atoms with Crippen LogP contribution >= 0.6 is 0 Å². The first-order valence-corrected chi connectivity index (χ1v) is 6.53. The molecule has 0 radical (unpaired) electrons. The van der Waals surface area contributed by atoms with Gasteiger partial charge in [-0.15, -0.1) is 0 Å². The number of halogens is 1. The van der Waals surface area contributed by atoms with E-state index in [-0.39, 0.29) is 11.9 Å². The van der Waals surface area contributed by atoms with E-state index in [1.165, 1.54) is 18.9 Å². The van der Waals surface area contributed by atoms with Gasteiger partial charge in [-0.1, -0.05) is 0 Å². The zero-order valence-corrected chi connectivity index (χ0v) is 10.3. The standard InChI is InChI=1S/C13H18FN3O/c14-12-2-1-5-15-13(12)17-6-7-18-9-11(17)8-16-10-3-4-10/h1-2,5,10-11,16H,3-4,6-9H2. The SMILES string of the molecule is Fc1cccnc1N1CCOCC1CNC1CC1. The van der Waals surface area contributed by atoms with Gasteiger partial charge in [-0.25, -0.2) is 9.37 Å². The van der Waals surface area contributed by atoms with Gasteiger partial charge in [0.2, 0.25) is 0 Å². The molecule has 2 fully saturated rings. The zero-order valence-electron chi connectivity index (χ0n) is 10.3. The Hall–Kier alpha value is -1.20. The maximum absolute atomic E-state index is 13.8. The normalized spacial score (nSPS) is 24.3. The van der Waals surface area contributed by atoms with E-state index in [4.69, 9.17) is 4.74 Å². The Bertz CT molecular complexity index is 411. The van der Waals surface area contributed by atoms with Crippen molar-refractivity contribution < 1.29 is 9.13 Å². The molecule has 0 bridgehead atoms. The molecular formula is C13H18FN3O. The molecule has 2 heterocycles. The summed E-state index contributed by atoms with van der Waals surface area (Å²) in [6.07, 6.45) is 4.15. The topological polar surface area (TPSA) is 37.4 Å². The predicted molar refractivity (Wildman–Crippen MR) is 67.2 cm³/mol. The number of nitrogens with zero attached hydrogens (tertiary/aromatic N) is 2. The molecule has 0 amide bonds. The van der Waals surface area contributed by atoms with Crippen LogP contribution in [0.2, 0.25) is 0 Å². The minimum absolute atomic E-state index is 0.170. The third kappa shape index (κ3) is 2.62. The van der Waals surface area contributed by atoms with Crippen LogP contribution < -0.4 is 10.2 Å². The fourth-order valence-corrected chi connectivity index (χ4v) is 2.28. The van der Waals surface area contributed by atoms with Gasteiger partial charge in [-0.05, 0) is 25.0 Å². The molecule has 1 saturated heterocycles. The van der Waals surface area contributed by atoms with Crippen LogP contribution in [0.4, 0.5) is 10.2 Å². The second-order valence-electron chi connectivity index (χ2n) is 4.91. The summed E-state index contributed by atoms with van der Waals surface area (Å²) in [4.78, 5) is 6.18. The number of pyridine rings is 1. The van der Waals surface area contributed by atoms with E-state index in [9.17, 15) is 4.39 Å². The van der Waals surface area contributed by atoms with Gasteiger partial charge in [0, 0.05) is 25.3 Å². The number of anilines is 1. The number of hydrogen-bond acceptors (Lipinski definition) is 4. The van der Waals surface area contributed by atoms with Gasteiger partial charge < -0.3 is 15.0 Å². The lowest BCUT2D eigenvalue weighted by atomic mass is 10.2. The van der Waals surface area contributed by atoms with Gasteiger partial charge in [0.25, 0.3) is 0 Å². The van der Waals surface area contributed by atoms with Crippen LogP contribution in [-0.4, -0.2) is 43.4 Å². The van der Waals surface area contributed by atoms with E-state index in [1.54, 1.807) is 12.3 Å². The van der Waals surface area contributed by atoms with Gasteiger partial charge in [0.1, 0.15) is 0 Å². The first kappa shape index (κ1) is 11.9. The lowest BCUT2D eigenvalue weighted by Gasteiger charge is -2.36. The van der Waals surface area contributed by atoms with E-state index >= 15 is 0 Å². The Morgan fingerprint density at radius 3 is 3.17 bits per heavy atom. The highest BCUT2D eigenvalue weighted by Crippen LogP contribution is 2.22. The second-order valence-corrected chi connectivity index (χ2v) is 4.91. The lowest BCUT2D eigenvalue weighted by molar-refractivity contribution is 0.0928. The van der Waals surface area contributed by atoms with Gasteiger partial charge in [0.05, 0.1) is 19.3 Å². The van der Waals surface area contributed by atoms with Crippen LogP contribution in [-0.2, 0) is 4.74 Å². The van der Waals surface area contributed by atoms with Crippen LogP contribution in [0.15, 0.2) is 18.3 Å². The molecule has 2 aliphatic rings. The number of ether oxygens (including phenoxy) is 1. The van der Waals surface area contributed by atoms with Crippen molar-refractivity contribution in [3.05, 3.63) is 24.1 Å². The van der Waals surface area contributed by atoms with Crippen molar-refractivity contribution in [1.82, 2.24) is 10.3 Å². The number of morpholine rings is 1. The van der Waals surface area contributed by atoms with Crippen molar-refractivity contribution >= 4 is 5.82 Å². The molecule has 0 spiro atoms. The minimum atomic E-state index is -0.254. The first-order valence-electron chi connectivity index (χ1n) is 6.53. The summed E-state index contributed by atoms with van der Waals surface area (Å²) in [5, 5.41) is 3.47. The van der Waals surface area contributed by atoms with E-state index in [0.717, 1.165) is 6.54 Å². The molecule has 5 heteroatoms. The molecule has 1 saturated carbocycles. The predicted octanol–water partition coefficient (Wildman–Crippen LogP) is 1.18. The summed E-state index contributed by atoms with van der Waals surface area (Å²) in [5.74, 6) is 0.194. The average Bonchev–Trinajstić information content (AvgIpc) is 3.22. The van der Waals surface area contributed by atoms with E-state index in [0.29, 0.717) is 31.6 Å². The zero-order chi connectivity index (χ0) is 12.4. The fourth-order valence-electron chi connectivity index (χ4n) is 2.28. The van der Waals surface area contributed by atoms with Crippen molar-refractivity contribution in [3.63, 3.8) is 0 Å². The smallest absolute Gasteiger partial charge is 0.165 e. The Morgan fingerprint density at radius 2 is 2.39 bits per heavy atom. The number of rotatable bonds is 4. The maximum atomic E-state index is 13.8. The van der Waals surface area contributed by atoms with E-state index in [1.807, 2.05) is 4.90 Å². The summed E-state index contributed by atoms with van der Waals surface area (Å²) < 4.78 is 19.3. The number of aromatic nitrogens is 1. The average molecular weight is 251 g/mol. The first-order chi connectivity index (χ1) is 8.84. The van der Waals surface area contributed by atoms with E-state index in [2.05, 4.69) is 10.3 Å². The monoisotopic (exact) mass is 251 g/mol. The van der Waals surface area contributed by atoms with Gasteiger partial charge in [0.15, 0.2) is 11.6 Å². The largest absolute Gasteiger partial charge is 0.377 e. The molecule has 4 nitrogen and oxygen atoms in total. The second kappa shape index (κ2) is 5.20. The molecule has 0 aromatic carbocycles. The van der Waals surface area contributed by atoms with Crippen LogP contribution in [0.3, 0.4) is 0 Å². The molecule has 1 aromatic heterocycles. The fraction of sp³-hybridized carbons (Fsp3) is 0.615. The minimum Gasteiger partial charge on any atom is -0.377 e. The Morgan fingerprint density at radius 1 is 1.50 bits per heavy atom. The highest BCUT2D eigenvalue weighted by Gasteiger charge is 2.28. The molecule has 1 aliphatic carbocycles. The molecule has 18 heavy (non-hydrogen) atoms. The van der Waals surface area contributed by atoms with Gasteiger partial charge in [-0.3, -0.25) is 0 Å². The number of hydrogen-bond donors (Lipinski definition) is 1. The van der Waals surface area contributed by atoms with Gasteiger partial charge >= 0.3 is 0 Å². The Labute approximate surface area is 106 Å². The summed E-state index contributed by atoms with van der Waals surface area (Å²) in [5.41, 5.74) is 0. The van der Waals surface area contributed by atoms with Gasteiger partial charge in [-0.2, -0.15) is 0 Å². The molecule has 1 atom stereocenters.